The van der Waals surface area contributed by atoms with E-state index in [1.807, 2.05) is 66.0 Å². The van der Waals surface area contributed by atoms with E-state index in [0.717, 1.165) is 29.0 Å². The lowest BCUT2D eigenvalue weighted by Crippen LogP contribution is -2.43. The van der Waals surface area contributed by atoms with Crippen molar-refractivity contribution in [1.82, 2.24) is 4.90 Å². The normalized spacial score (nSPS) is 18.9. The summed E-state index contributed by atoms with van der Waals surface area (Å²) >= 11 is 3.85. The van der Waals surface area contributed by atoms with Crippen LogP contribution in [0.3, 0.4) is 0 Å². The van der Waals surface area contributed by atoms with Crippen LogP contribution in [0.2, 0.25) is 0 Å². The molecule has 164 valence electrons. The minimum atomic E-state index is -0.549. The highest BCUT2D eigenvalue weighted by atomic mass is 32.2. The van der Waals surface area contributed by atoms with Crippen LogP contribution in [-0.2, 0) is 4.79 Å². The van der Waals surface area contributed by atoms with Gasteiger partial charge in [-0.2, -0.15) is 0 Å². The van der Waals surface area contributed by atoms with Gasteiger partial charge in [-0.3, -0.25) is 9.59 Å². The summed E-state index contributed by atoms with van der Waals surface area (Å²) in [4.78, 5) is 28.0. The molecule has 0 radical (unpaired) electrons. The van der Waals surface area contributed by atoms with Crippen LogP contribution < -0.4 is 5.32 Å². The van der Waals surface area contributed by atoms with Gasteiger partial charge in [0.05, 0.1) is 10.1 Å². The molecule has 0 spiro atoms. The second kappa shape index (κ2) is 9.08. The third-order valence-electron chi connectivity index (χ3n) is 6.00. The lowest BCUT2D eigenvalue weighted by atomic mass is 10.0. The second-order valence-electron chi connectivity index (χ2n) is 8.03. The van der Waals surface area contributed by atoms with Crippen LogP contribution in [0.15, 0.2) is 60.7 Å². The highest BCUT2D eigenvalue weighted by Crippen LogP contribution is 2.45. The van der Waals surface area contributed by atoms with Crippen LogP contribution in [0, 0.1) is 0 Å². The standard InChI is InChI=1S/C25H24N2O3S2/c28-22-19-8-2-1-5-16(19)10-11-20(22)24(30)27-12-4-9-21(27)23(29)26-18-7-3-6-17(15-18)25-31-13-14-32-25/h1-3,5-8,10-11,15,21,25,28H,4,9,12-14H2,(H,26,29). The van der Waals surface area contributed by atoms with Gasteiger partial charge >= 0.3 is 0 Å². The van der Waals surface area contributed by atoms with Gasteiger partial charge in [0.15, 0.2) is 0 Å². The fourth-order valence-electron chi connectivity index (χ4n) is 4.40. The first kappa shape index (κ1) is 21.2. The molecule has 2 saturated heterocycles. The number of amides is 2. The molecule has 7 heteroatoms. The molecular formula is C25H24N2O3S2. The number of benzene rings is 3. The summed E-state index contributed by atoms with van der Waals surface area (Å²) in [6.45, 7) is 0.499. The maximum atomic E-state index is 13.3. The quantitative estimate of drug-likeness (QED) is 0.551. The van der Waals surface area contributed by atoms with Crippen molar-refractivity contribution in [2.45, 2.75) is 23.5 Å². The van der Waals surface area contributed by atoms with Crippen molar-refractivity contribution in [2.24, 2.45) is 0 Å². The molecule has 2 aliphatic rings. The van der Waals surface area contributed by atoms with E-state index >= 15 is 0 Å². The van der Waals surface area contributed by atoms with Gasteiger partial charge in [-0.05, 0) is 42.0 Å². The number of carbonyl (C=O) groups is 2. The molecule has 5 nitrogen and oxygen atoms in total. The number of phenols is 1. The summed E-state index contributed by atoms with van der Waals surface area (Å²) in [6.07, 6.45) is 1.37. The summed E-state index contributed by atoms with van der Waals surface area (Å²) in [5.74, 6) is 1.77. The number of nitrogens with one attached hydrogen (secondary N) is 1. The number of rotatable bonds is 4. The number of hydrogen-bond acceptors (Lipinski definition) is 5. The molecule has 2 N–H and O–H groups in total. The van der Waals surface area contributed by atoms with Crippen LogP contribution in [-0.4, -0.2) is 45.9 Å². The third-order valence-corrected chi connectivity index (χ3v) is 9.10. The molecule has 2 heterocycles. The van der Waals surface area contributed by atoms with E-state index in [1.54, 1.807) is 17.0 Å². The zero-order valence-electron chi connectivity index (χ0n) is 17.5. The van der Waals surface area contributed by atoms with Gasteiger partial charge in [0.25, 0.3) is 5.91 Å². The molecule has 0 aliphatic carbocycles. The molecule has 3 aromatic carbocycles. The summed E-state index contributed by atoms with van der Waals surface area (Å²) in [5, 5.41) is 15.2. The minimum absolute atomic E-state index is 0.0292. The number of hydrogen-bond donors (Lipinski definition) is 2. The van der Waals surface area contributed by atoms with E-state index in [-0.39, 0.29) is 23.1 Å². The van der Waals surface area contributed by atoms with E-state index < -0.39 is 6.04 Å². The predicted octanol–water partition coefficient (Wildman–Crippen LogP) is 5.27. The highest BCUT2D eigenvalue weighted by Gasteiger charge is 2.35. The average molecular weight is 465 g/mol. The molecule has 1 atom stereocenters. The Morgan fingerprint density at radius 3 is 2.66 bits per heavy atom. The monoisotopic (exact) mass is 464 g/mol. The zero-order chi connectivity index (χ0) is 22.1. The Bertz CT molecular complexity index is 1180. The fraction of sp³-hybridized carbons (Fsp3) is 0.280. The zero-order valence-corrected chi connectivity index (χ0v) is 19.1. The van der Waals surface area contributed by atoms with Gasteiger partial charge in [-0.25, -0.2) is 0 Å². The first-order valence-corrected chi connectivity index (χ1v) is 12.9. The maximum Gasteiger partial charge on any atom is 0.258 e. The minimum Gasteiger partial charge on any atom is -0.506 e. The van der Waals surface area contributed by atoms with E-state index in [0.29, 0.717) is 22.9 Å². The molecule has 0 saturated carbocycles. The predicted molar refractivity (Wildman–Crippen MR) is 132 cm³/mol. The molecule has 5 rings (SSSR count). The van der Waals surface area contributed by atoms with E-state index in [9.17, 15) is 14.7 Å². The summed E-state index contributed by atoms with van der Waals surface area (Å²) < 4.78 is 0.410. The first-order valence-electron chi connectivity index (χ1n) is 10.8. The molecule has 2 fully saturated rings. The number of likely N-dealkylation sites (tertiary alicyclic amines) is 1. The van der Waals surface area contributed by atoms with Crippen molar-refractivity contribution < 1.29 is 14.7 Å². The summed E-state index contributed by atoms with van der Waals surface area (Å²) in [5.41, 5.74) is 2.20. The molecule has 0 bridgehead atoms. The Balaban J connectivity index is 1.34. The molecule has 3 aromatic rings. The number of phenolic OH excluding ortho intramolecular Hbond substituents is 1. The van der Waals surface area contributed by atoms with Gasteiger partial charge in [-0.1, -0.05) is 42.5 Å². The number of carbonyl (C=O) groups excluding carboxylic acids is 2. The van der Waals surface area contributed by atoms with Gasteiger partial charge < -0.3 is 15.3 Å². The van der Waals surface area contributed by atoms with Gasteiger partial charge in [0.2, 0.25) is 5.91 Å². The van der Waals surface area contributed by atoms with Crippen molar-refractivity contribution in [3.05, 3.63) is 71.8 Å². The largest absolute Gasteiger partial charge is 0.506 e. The van der Waals surface area contributed by atoms with Crippen molar-refractivity contribution >= 4 is 51.8 Å². The Labute approximate surface area is 195 Å². The number of aromatic hydroxyl groups is 1. The summed E-state index contributed by atoms with van der Waals surface area (Å²) in [7, 11) is 0. The van der Waals surface area contributed by atoms with Crippen LogP contribution >= 0.6 is 23.5 Å². The topological polar surface area (TPSA) is 69.6 Å². The van der Waals surface area contributed by atoms with Crippen LogP contribution in [0.5, 0.6) is 5.75 Å². The Morgan fingerprint density at radius 2 is 1.81 bits per heavy atom. The van der Waals surface area contributed by atoms with E-state index in [2.05, 4.69) is 11.4 Å². The Morgan fingerprint density at radius 1 is 1.00 bits per heavy atom. The SMILES string of the molecule is O=C(Nc1cccc(C2SCCS2)c1)C1CCCN1C(=O)c1ccc2ccccc2c1O. The van der Waals surface area contributed by atoms with Crippen LogP contribution in [0.25, 0.3) is 10.8 Å². The molecular weight excluding hydrogens is 440 g/mol. The lowest BCUT2D eigenvalue weighted by molar-refractivity contribution is -0.119. The molecule has 1 unspecified atom stereocenters. The number of fused-ring (bicyclic) bond motifs is 1. The maximum absolute atomic E-state index is 13.3. The highest BCUT2D eigenvalue weighted by molar-refractivity contribution is 8.19. The molecule has 32 heavy (non-hydrogen) atoms. The average Bonchev–Trinajstić information content (AvgIpc) is 3.52. The molecule has 0 aromatic heterocycles. The number of nitrogens with zero attached hydrogens (tertiary/aromatic N) is 1. The van der Waals surface area contributed by atoms with Gasteiger partial charge in [0.1, 0.15) is 11.8 Å². The Hall–Kier alpha value is -2.64. The number of anilines is 1. The lowest BCUT2D eigenvalue weighted by Gasteiger charge is -2.25. The van der Waals surface area contributed by atoms with Crippen molar-refractivity contribution in [1.29, 1.82) is 0 Å². The van der Waals surface area contributed by atoms with Crippen molar-refractivity contribution in [3.8, 4) is 5.75 Å². The first-order chi connectivity index (χ1) is 15.6. The second-order valence-corrected chi connectivity index (χ2v) is 10.8. The molecule has 2 amide bonds. The van der Waals surface area contributed by atoms with E-state index in [4.69, 9.17) is 0 Å². The molecule has 2 aliphatic heterocycles. The summed E-state index contributed by atoms with van der Waals surface area (Å²) in [6, 6.07) is 18.3. The van der Waals surface area contributed by atoms with Gasteiger partial charge in [-0.15, -0.1) is 23.5 Å². The van der Waals surface area contributed by atoms with Crippen molar-refractivity contribution in [2.75, 3.05) is 23.4 Å². The van der Waals surface area contributed by atoms with Crippen LogP contribution in [0.1, 0.15) is 33.3 Å². The smallest absolute Gasteiger partial charge is 0.258 e. The fourth-order valence-corrected chi connectivity index (χ4v) is 7.24. The van der Waals surface area contributed by atoms with Crippen LogP contribution in [0.4, 0.5) is 5.69 Å². The Kier molecular flexibility index (Phi) is 6.02. The van der Waals surface area contributed by atoms with Crippen molar-refractivity contribution in [3.63, 3.8) is 0 Å². The third kappa shape index (κ3) is 4.07. The van der Waals surface area contributed by atoms with E-state index in [1.165, 1.54) is 5.56 Å². The van der Waals surface area contributed by atoms with Gasteiger partial charge in [0, 0.05) is 29.1 Å². The number of thioether (sulfide) groups is 2.